The van der Waals surface area contributed by atoms with Gasteiger partial charge in [0.2, 0.25) is 0 Å². The lowest BCUT2D eigenvalue weighted by Gasteiger charge is -2.13. The molecule has 9 rings (SSSR count). The summed E-state index contributed by atoms with van der Waals surface area (Å²) in [5.74, 6) is 0. The van der Waals surface area contributed by atoms with Crippen molar-refractivity contribution >= 4 is 75.5 Å². The summed E-state index contributed by atoms with van der Waals surface area (Å²) in [7, 11) is 0. The second kappa shape index (κ2) is 10.9. The molecule has 0 atom stereocenters. The summed E-state index contributed by atoms with van der Waals surface area (Å²) in [6.45, 7) is 0. The highest BCUT2D eigenvalue weighted by molar-refractivity contribution is 9.11. The minimum atomic E-state index is 1.05. The molecule has 0 aliphatic heterocycles. The molecule has 0 unspecified atom stereocenters. The summed E-state index contributed by atoms with van der Waals surface area (Å²) in [5.41, 5.74) is 11.8. The fraction of sp³-hybridized carbons (Fsp3) is 0. The third-order valence-corrected chi connectivity index (χ3v) is 10.3. The number of hydrogen-bond donors (Lipinski definition) is 0. The minimum Gasteiger partial charge on any atom is -0.309 e. The Hall–Kier alpha value is -4.90. The molecular formula is C42H26Br2N2. The van der Waals surface area contributed by atoms with Gasteiger partial charge in [0.1, 0.15) is 0 Å². The second-order valence-corrected chi connectivity index (χ2v) is 13.4. The average molecular weight is 718 g/mol. The van der Waals surface area contributed by atoms with Crippen LogP contribution >= 0.6 is 31.9 Å². The molecule has 0 fully saturated rings. The predicted octanol–water partition coefficient (Wildman–Crippen LogP) is 12.7. The molecular weight excluding hydrogens is 692 g/mol. The van der Waals surface area contributed by atoms with Crippen molar-refractivity contribution in [3.8, 4) is 33.6 Å². The molecule has 46 heavy (non-hydrogen) atoms. The average Bonchev–Trinajstić information content (AvgIpc) is 3.62. The molecule has 218 valence electrons. The van der Waals surface area contributed by atoms with E-state index < -0.39 is 0 Å². The normalized spacial score (nSPS) is 11.7. The van der Waals surface area contributed by atoms with Gasteiger partial charge in [-0.25, -0.2) is 0 Å². The van der Waals surface area contributed by atoms with Crippen LogP contribution in [-0.4, -0.2) is 9.13 Å². The van der Waals surface area contributed by atoms with Crippen molar-refractivity contribution in [2.75, 3.05) is 0 Å². The third-order valence-electron chi connectivity index (χ3n) is 9.04. The Morgan fingerprint density at radius 1 is 0.348 bits per heavy atom. The SMILES string of the molecule is Brc1ccccc1-n1c2ccccc2c2cc(-n3c4ccc(-c5ccccc5)cc4c4cc(-c5ccccc5)ccc43)cc(Br)c21. The Kier molecular flexibility index (Phi) is 6.48. The van der Waals surface area contributed by atoms with Gasteiger partial charge in [-0.1, -0.05) is 103 Å². The summed E-state index contributed by atoms with van der Waals surface area (Å²) in [6, 6.07) is 56.8. The van der Waals surface area contributed by atoms with Crippen LogP contribution in [0.5, 0.6) is 0 Å². The topological polar surface area (TPSA) is 9.86 Å². The number of fused-ring (bicyclic) bond motifs is 6. The van der Waals surface area contributed by atoms with Crippen LogP contribution in [0.4, 0.5) is 0 Å². The molecule has 0 aliphatic carbocycles. The quantitative estimate of drug-likeness (QED) is 0.171. The van der Waals surface area contributed by atoms with E-state index in [-0.39, 0.29) is 0 Å². The molecule has 0 spiro atoms. The van der Waals surface area contributed by atoms with E-state index in [0.29, 0.717) is 0 Å². The van der Waals surface area contributed by atoms with Gasteiger partial charge < -0.3 is 9.13 Å². The lowest BCUT2D eigenvalue weighted by molar-refractivity contribution is 1.15. The number of halogens is 2. The minimum absolute atomic E-state index is 1.05. The van der Waals surface area contributed by atoms with Crippen LogP contribution in [0.3, 0.4) is 0 Å². The van der Waals surface area contributed by atoms with Crippen molar-refractivity contribution in [3.05, 3.63) is 167 Å². The van der Waals surface area contributed by atoms with Crippen LogP contribution in [0.25, 0.3) is 77.2 Å². The fourth-order valence-corrected chi connectivity index (χ4v) is 8.06. The molecule has 2 aromatic heterocycles. The summed E-state index contributed by atoms with van der Waals surface area (Å²) in [5, 5.41) is 4.89. The first kappa shape index (κ1) is 27.4. The second-order valence-electron chi connectivity index (χ2n) is 11.7. The standard InChI is InChI=1S/C42H26Br2N2/c43-36-16-8-10-18-41(36)46-38-17-9-7-15-32(38)35-25-31(26-37(44)42(35)46)45-39-21-19-29(27-11-3-1-4-12-27)23-33(39)34-24-30(20-22-40(34)45)28-13-5-2-6-14-28/h1-26H. The maximum Gasteiger partial charge on any atom is 0.0685 e. The van der Waals surface area contributed by atoms with Crippen molar-refractivity contribution in [2.24, 2.45) is 0 Å². The molecule has 4 heteroatoms. The summed E-state index contributed by atoms with van der Waals surface area (Å²) >= 11 is 7.87. The van der Waals surface area contributed by atoms with E-state index in [4.69, 9.17) is 0 Å². The molecule has 7 aromatic carbocycles. The fourth-order valence-electron chi connectivity index (χ4n) is 6.97. The monoisotopic (exact) mass is 716 g/mol. The highest BCUT2D eigenvalue weighted by atomic mass is 79.9. The molecule has 2 nitrogen and oxygen atoms in total. The smallest absolute Gasteiger partial charge is 0.0685 e. The molecule has 0 radical (unpaired) electrons. The Labute approximate surface area is 283 Å². The van der Waals surface area contributed by atoms with Gasteiger partial charge in [0.25, 0.3) is 0 Å². The summed E-state index contributed by atoms with van der Waals surface area (Å²) in [4.78, 5) is 0. The Balaban J connectivity index is 1.35. The van der Waals surface area contributed by atoms with Gasteiger partial charge in [-0.05, 0) is 109 Å². The van der Waals surface area contributed by atoms with E-state index in [1.165, 1.54) is 60.3 Å². The molecule has 9 aromatic rings. The molecule has 0 bridgehead atoms. The Bertz CT molecular complexity index is 2500. The van der Waals surface area contributed by atoms with Gasteiger partial charge in [-0.3, -0.25) is 0 Å². The Morgan fingerprint density at radius 3 is 1.52 bits per heavy atom. The van der Waals surface area contributed by atoms with Crippen LogP contribution in [0, 0.1) is 0 Å². The van der Waals surface area contributed by atoms with Crippen molar-refractivity contribution < 1.29 is 0 Å². The van der Waals surface area contributed by atoms with Gasteiger partial charge in [0.05, 0.1) is 27.8 Å². The number of para-hydroxylation sites is 2. The first-order valence-electron chi connectivity index (χ1n) is 15.3. The highest BCUT2D eigenvalue weighted by Gasteiger charge is 2.20. The molecule has 0 N–H and O–H groups in total. The predicted molar refractivity (Wildman–Crippen MR) is 201 cm³/mol. The van der Waals surface area contributed by atoms with E-state index in [0.717, 1.165) is 25.8 Å². The maximum absolute atomic E-state index is 4.05. The largest absolute Gasteiger partial charge is 0.309 e. The first-order chi connectivity index (χ1) is 22.7. The number of aromatic nitrogens is 2. The van der Waals surface area contributed by atoms with Gasteiger partial charge >= 0.3 is 0 Å². The van der Waals surface area contributed by atoms with Crippen LogP contribution in [-0.2, 0) is 0 Å². The molecule has 0 saturated heterocycles. The zero-order valence-electron chi connectivity index (χ0n) is 24.7. The summed E-state index contributed by atoms with van der Waals surface area (Å²) in [6.07, 6.45) is 0. The van der Waals surface area contributed by atoms with E-state index in [1.807, 2.05) is 0 Å². The van der Waals surface area contributed by atoms with Crippen LogP contribution in [0.1, 0.15) is 0 Å². The van der Waals surface area contributed by atoms with Crippen LogP contribution in [0.15, 0.2) is 167 Å². The summed E-state index contributed by atoms with van der Waals surface area (Å²) < 4.78 is 6.87. The number of benzene rings is 7. The van der Waals surface area contributed by atoms with Crippen molar-refractivity contribution in [3.63, 3.8) is 0 Å². The third kappa shape index (κ3) is 4.28. The highest BCUT2D eigenvalue weighted by Crippen LogP contribution is 2.42. The van der Waals surface area contributed by atoms with Crippen LogP contribution in [0.2, 0.25) is 0 Å². The van der Waals surface area contributed by atoms with Gasteiger partial charge in [0.15, 0.2) is 0 Å². The lowest BCUT2D eigenvalue weighted by Crippen LogP contribution is -1.97. The van der Waals surface area contributed by atoms with Gasteiger partial charge in [0, 0.05) is 36.2 Å². The van der Waals surface area contributed by atoms with Crippen LogP contribution < -0.4 is 0 Å². The molecule has 2 heterocycles. The van der Waals surface area contributed by atoms with E-state index in [9.17, 15) is 0 Å². The number of rotatable bonds is 4. The molecule has 0 saturated carbocycles. The molecule has 0 amide bonds. The first-order valence-corrected chi connectivity index (χ1v) is 16.9. The van der Waals surface area contributed by atoms with Crippen molar-refractivity contribution in [2.45, 2.75) is 0 Å². The number of nitrogens with zero attached hydrogens (tertiary/aromatic N) is 2. The number of hydrogen-bond acceptors (Lipinski definition) is 0. The van der Waals surface area contributed by atoms with Gasteiger partial charge in [-0.15, -0.1) is 0 Å². The zero-order chi connectivity index (χ0) is 30.8. The van der Waals surface area contributed by atoms with E-state index in [1.54, 1.807) is 0 Å². The van der Waals surface area contributed by atoms with Gasteiger partial charge in [-0.2, -0.15) is 0 Å². The molecule has 0 aliphatic rings. The van der Waals surface area contributed by atoms with E-state index >= 15 is 0 Å². The lowest BCUT2D eigenvalue weighted by atomic mass is 10.0. The van der Waals surface area contributed by atoms with Crippen molar-refractivity contribution in [1.29, 1.82) is 0 Å². The van der Waals surface area contributed by atoms with Crippen molar-refractivity contribution in [1.82, 2.24) is 9.13 Å². The maximum atomic E-state index is 4.05. The van der Waals surface area contributed by atoms with E-state index in [2.05, 4.69) is 199 Å². The zero-order valence-corrected chi connectivity index (χ0v) is 27.8. The Morgan fingerprint density at radius 2 is 0.891 bits per heavy atom.